The van der Waals surface area contributed by atoms with E-state index >= 15 is 0 Å². The number of carbonyl (C=O) groups is 1. The third-order valence-corrected chi connectivity index (χ3v) is 4.33. The van der Waals surface area contributed by atoms with Crippen LogP contribution in [0.15, 0.2) is 30.3 Å². The first-order valence-electron chi connectivity index (χ1n) is 7.96. The average Bonchev–Trinajstić information content (AvgIpc) is 2.94. The van der Waals surface area contributed by atoms with Crippen molar-refractivity contribution in [1.82, 2.24) is 5.32 Å². The molecule has 2 aliphatic carbocycles. The molecule has 0 saturated heterocycles. The largest absolute Gasteiger partial charge is 0.490 e. The summed E-state index contributed by atoms with van der Waals surface area (Å²) in [5.74, 6) is 1.53. The highest BCUT2D eigenvalue weighted by atomic mass is 16.5. The molecule has 1 amide bonds. The van der Waals surface area contributed by atoms with Crippen LogP contribution in [-0.2, 0) is 4.79 Å². The lowest BCUT2D eigenvalue weighted by atomic mass is 10.2. The Kier molecular flexibility index (Phi) is 4.28. The summed E-state index contributed by atoms with van der Waals surface area (Å²) in [5.41, 5.74) is 1.00. The van der Waals surface area contributed by atoms with E-state index in [1.165, 1.54) is 12.8 Å². The van der Waals surface area contributed by atoms with Crippen LogP contribution in [0.3, 0.4) is 0 Å². The topological polar surface area (TPSA) is 38.3 Å². The maximum Gasteiger partial charge on any atom is 0.244 e. The van der Waals surface area contributed by atoms with Gasteiger partial charge in [-0.2, -0.15) is 0 Å². The molecule has 2 aliphatic rings. The SMILES string of the molecule is CC1CC1NC(=O)/C=C/c1cccc(OC2CCCC2)c1. The van der Waals surface area contributed by atoms with Gasteiger partial charge in [0.05, 0.1) is 6.10 Å². The number of amides is 1. The van der Waals surface area contributed by atoms with Gasteiger partial charge in [0.15, 0.2) is 0 Å². The molecule has 3 rings (SSSR count). The minimum atomic E-state index is -0.00790. The van der Waals surface area contributed by atoms with Crippen molar-refractivity contribution in [3.8, 4) is 5.75 Å². The van der Waals surface area contributed by atoms with Crippen LogP contribution in [0.2, 0.25) is 0 Å². The monoisotopic (exact) mass is 285 g/mol. The second kappa shape index (κ2) is 6.33. The predicted molar refractivity (Wildman–Crippen MR) is 84.1 cm³/mol. The van der Waals surface area contributed by atoms with E-state index in [1.807, 2.05) is 30.3 Å². The third kappa shape index (κ3) is 4.10. The van der Waals surface area contributed by atoms with Crippen LogP contribution in [0.5, 0.6) is 5.75 Å². The van der Waals surface area contributed by atoms with Gasteiger partial charge in [0.1, 0.15) is 5.75 Å². The zero-order chi connectivity index (χ0) is 14.7. The molecule has 0 bridgehead atoms. The molecule has 1 N–H and O–H groups in total. The summed E-state index contributed by atoms with van der Waals surface area (Å²) in [7, 11) is 0. The van der Waals surface area contributed by atoms with Crippen molar-refractivity contribution < 1.29 is 9.53 Å². The van der Waals surface area contributed by atoms with Crippen molar-refractivity contribution in [2.45, 2.75) is 51.2 Å². The van der Waals surface area contributed by atoms with Gasteiger partial charge >= 0.3 is 0 Å². The second-order valence-corrected chi connectivity index (χ2v) is 6.26. The highest BCUT2D eigenvalue weighted by Gasteiger charge is 2.33. The standard InChI is InChI=1S/C18H23NO2/c1-13-11-17(13)19-18(20)10-9-14-5-4-8-16(12-14)21-15-6-2-3-7-15/h4-5,8-10,12-13,15,17H,2-3,6-7,11H2,1H3,(H,19,20)/b10-9+. The molecule has 0 heterocycles. The molecule has 0 spiro atoms. The quantitative estimate of drug-likeness (QED) is 0.840. The minimum Gasteiger partial charge on any atom is -0.490 e. The van der Waals surface area contributed by atoms with Crippen LogP contribution in [0.4, 0.5) is 0 Å². The predicted octanol–water partition coefficient (Wildman–Crippen LogP) is 3.55. The van der Waals surface area contributed by atoms with Gasteiger partial charge in [0.2, 0.25) is 5.91 Å². The van der Waals surface area contributed by atoms with E-state index in [0.717, 1.165) is 30.6 Å². The fourth-order valence-electron chi connectivity index (χ4n) is 2.82. The Morgan fingerprint density at radius 2 is 2.10 bits per heavy atom. The molecule has 3 heteroatoms. The molecular weight excluding hydrogens is 262 g/mol. The molecule has 3 nitrogen and oxygen atoms in total. The Labute approximate surface area is 126 Å². The molecule has 112 valence electrons. The van der Waals surface area contributed by atoms with Crippen molar-refractivity contribution in [3.05, 3.63) is 35.9 Å². The van der Waals surface area contributed by atoms with E-state index in [9.17, 15) is 4.79 Å². The van der Waals surface area contributed by atoms with Gasteiger partial charge in [-0.15, -0.1) is 0 Å². The number of ether oxygens (including phenoxy) is 1. The lowest BCUT2D eigenvalue weighted by Gasteiger charge is -2.13. The van der Waals surface area contributed by atoms with E-state index in [-0.39, 0.29) is 5.91 Å². The summed E-state index contributed by atoms with van der Waals surface area (Å²) in [6.07, 6.45) is 9.77. The number of nitrogens with one attached hydrogen (secondary N) is 1. The first-order chi connectivity index (χ1) is 10.2. The van der Waals surface area contributed by atoms with Crippen molar-refractivity contribution in [2.24, 2.45) is 5.92 Å². The van der Waals surface area contributed by atoms with Crippen LogP contribution in [-0.4, -0.2) is 18.1 Å². The molecule has 2 unspecified atom stereocenters. The molecule has 21 heavy (non-hydrogen) atoms. The Bertz CT molecular complexity index is 532. The number of carbonyl (C=O) groups excluding carboxylic acids is 1. The summed E-state index contributed by atoms with van der Waals surface area (Å²) >= 11 is 0. The van der Waals surface area contributed by atoms with E-state index in [2.05, 4.69) is 12.2 Å². The van der Waals surface area contributed by atoms with E-state index in [0.29, 0.717) is 18.1 Å². The zero-order valence-corrected chi connectivity index (χ0v) is 12.5. The van der Waals surface area contributed by atoms with Crippen molar-refractivity contribution in [3.63, 3.8) is 0 Å². The molecule has 0 radical (unpaired) electrons. The van der Waals surface area contributed by atoms with Crippen LogP contribution >= 0.6 is 0 Å². The molecule has 1 aromatic rings. The zero-order valence-electron chi connectivity index (χ0n) is 12.5. The van der Waals surface area contributed by atoms with E-state index in [4.69, 9.17) is 4.74 Å². The van der Waals surface area contributed by atoms with Gasteiger partial charge in [-0.25, -0.2) is 0 Å². The van der Waals surface area contributed by atoms with Crippen molar-refractivity contribution >= 4 is 12.0 Å². The van der Waals surface area contributed by atoms with Crippen molar-refractivity contribution in [2.75, 3.05) is 0 Å². The molecule has 1 aromatic carbocycles. The summed E-state index contributed by atoms with van der Waals surface area (Å²) in [6, 6.07) is 8.33. The van der Waals surface area contributed by atoms with Crippen LogP contribution in [0, 0.1) is 5.92 Å². The molecule has 2 saturated carbocycles. The first-order valence-corrected chi connectivity index (χ1v) is 7.96. The van der Waals surface area contributed by atoms with Gasteiger partial charge < -0.3 is 10.1 Å². The third-order valence-electron chi connectivity index (χ3n) is 4.33. The van der Waals surface area contributed by atoms with Crippen molar-refractivity contribution in [1.29, 1.82) is 0 Å². The number of hydrogen-bond acceptors (Lipinski definition) is 2. The molecular formula is C18H23NO2. The maximum atomic E-state index is 11.7. The summed E-state index contributed by atoms with van der Waals surface area (Å²) in [5, 5.41) is 2.99. The highest BCUT2D eigenvalue weighted by Crippen LogP contribution is 2.29. The Morgan fingerprint density at radius 3 is 2.81 bits per heavy atom. The van der Waals surface area contributed by atoms with Gasteiger partial charge in [0.25, 0.3) is 0 Å². The molecule has 2 atom stereocenters. The number of rotatable bonds is 5. The first kappa shape index (κ1) is 14.2. The van der Waals surface area contributed by atoms with E-state index in [1.54, 1.807) is 6.08 Å². The Balaban J connectivity index is 1.55. The molecule has 0 aromatic heterocycles. The van der Waals surface area contributed by atoms with Gasteiger partial charge in [-0.3, -0.25) is 4.79 Å². The van der Waals surface area contributed by atoms with Gasteiger partial charge in [-0.1, -0.05) is 19.1 Å². The van der Waals surface area contributed by atoms with Gasteiger partial charge in [0, 0.05) is 12.1 Å². The molecule has 0 aliphatic heterocycles. The fourth-order valence-corrected chi connectivity index (χ4v) is 2.82. The van der Waals surface area contributed by atoms with Crippen LogP contribution in [0.1, 0.15) is 44.6 Å². The minimum absolute atomic E-state index is 0.00790. The lowest BCUT2D eigenvalue weighted by molar-refractivity contribution is -0.116. The Hall–Kier alpha value is -1.77. The van der Waals surface area contributed by atoms with Gasteiger partial charge in [-0.05, 0) is 61.8 Å². The summed E-state index contributed by atoms with van der Waals surface area (Å²) < 4.78 is 5.98. The normalized spacial score (nSPS) is 25.2. The molecule has 2 fully saturated rings. The summed E-state index contributed by atoms with van der Waals surface area (Å²) in [6.45, 7) is 2.15. The smallest absolute Gasteiger partial charge is 0.244 e. The number of hydrogen-bond donors (Lipinski definition) is 1. The van der Waals surface area contributed by atoms with Crippen LogP contribution in [0.25, 0.3) is 6.08 Å². The highest BCUT2D eigenvalue weighted by molar-refractivity contribution is 5.92. The number of benzene rings is 1. The maximum absolute atomic E-state index is 11.7. The average molecular weight is 285 g/mol. The van der Waals surface area contributed by atoms with E-state index < -0.39 is 0 Å². The Morgan fingerprint density at radius 1 is 1.33 bits per heavy atom. The second-order valence-electron chi connectivity index (χ2n) is 6.26. The fraction of sp³-hybridized carbons (Fsp3) is 0.500. The summed E-state index contributed by atoms with van der Waals surface area (Å²) in [4.78, 5) is 11.7. The lowest BCUT2D eigenvalue weighted by Crippen LogP contribution is -2.24. The van der Waals surface area contributed by atoms with Crippen LogP contribution < -0.4 is 10.1 Å².